The largest absolute Gasteiger partial charge is 0.506 e. The molecule has 28 heavy (non-hydrogen) atoms. The Morgan fingerprint density at radius 1 is 1.11 bits per heavy atom. The monoisotopic (exact) mass is 380 g/mol. The van der Waals surface area contributed by atoms with Crippen LogP contribution in [0.25, 0.3) is 11.2 Å². The summed E-state index contributed by atoms with van der Waals surface area (Å²) >= 11 is 0. The Kier molecular flexibility index (Phi) is 5.30. The van der Waals surface area contributed by atoms with Crippen LogP contribution in [0.4, 0.5) is 22.1 Å². The van der Waals surface area contributed by atoms with E-state index in [1.807, 2.05) is 19.1 Å². The third kappa shape index (κ3) is 4.46. The quantitative estimate of drug-likeness (QED) is 0.511. The number of rotatable bonds is 4. The van der Waals surface area contributed by atoms with Gasteiger partial charge in [-0.3, -0.25) is 5.32 Å². The van der Waals surface area contributed by atoms with Gasteiger partial charge in [-0.05, 0) is 42.2 Å². The number of nitrogens with one attached hydrogen (secondary N) is 3. The number of anilines is 3. The first-order chi connectivity index (χ1) is 13.3. The van der Waals surface area contributed by atoms with Crippen molar-refractivity contribution in [2.24, 2.45) is 0 Å². The molecule has 2 amide bonds. The van der Waals surface area contributed by atoms with Crippen LogP contribution in [0.1, 0.15) is 33.3 Å². The average molecular weight is 380 g/mol. The number of urea groups is 1. The minimum absolute atomic E-state index is 0.0552. The molecular formula is C20H24N6O2. The molecule has 8 nitrogen and oxygen atoms in total. The minimum atomic E-state index is -0.333. The topological polar surface area (TPSA) is 112 Å². The van der Waals surface area contributed by atoms with Gasteiger partial charge in [0, 0.05) is 6.54 Å². The Labute approximate surface area is 163 Å². The molecule has 0 aliphatic heterocycles. The molecule has 1 aromatic carbocycles. The molecule has 0 spiro atoms. The van der Waals surface area contributed by atoms with Gasteiger partial charge >= 0.3 is 6.03 Å². The zero-order valence-electron chi connectivity index (χ0n) is 16.4. The molecule has 0 radical (unpaired) electrons. The van der Waals surface area contributed by atoms with Crippen molar-refractivity contribution in [1.82, 2.24) is 20.3 Å². The number of fused-ring (bicyclic) bond motifs is 1. The smallest absolute Gasteiger partial charge is 0.320 e. The molecule has 0 fully saturated rings. The summed E-state index contributed by atoms with van der Waals surface area (Å²) in [6.07, 6.45) is 1.57. The second kappa shape index (κ2) is 7.67. The van der Waals surface area contributed by atoms with E-state index < -0.39 is 0 Å². The summed E-state index contributed by atoms with van der Waals surface area (Å²) in [6, 6.07) is 8.51. The van der Waals surface area contributed by atoms with Crippen LogP contribution in [0.3, 0.4) is 0 Å². The molecule has 3 rings (SSSR count). The SMILES string of the molecule is CCNC(=O)Nc1ccc2ncc(Nc3cc(C(C)(C)C)ccc3O)nc2n1. The number of aromatic nitrogens is 3. The summed E-state index contributed by atoms with van der Waals surface area (Å²) in [4.78, 5) is 24.8. The van der Waals surface area contributed by atoms with Crippen LogP contribution in [0.15, 0.2) is 36.5 Å². The highest BCUT2D eigenvalue weighted by Crippen LogP contribution is 2.32. The van der Waals surface area contributed by atoms with Gasteiger partial charge in [-0.2, -0.15) is 0 Å². The third-order valence-electron chi connectivity index (χ3n) is 4.11. The zero-order valence-corrected chi connectivity index (χ0v) is 16.4. The number of carbonyl (C=O) groups is 1. The molecule has 2 heterocycles. The van der Waals surface area contributed by atoms with E-state index >= 15 is 0 Å². The second-order valence-electron chi connectivity index (χ2n) is 7.39. The molecule has 0 aliphatic carbocycles. The number of aromatic hydroxyl groups is 1. The van der Waals surface area contributed by atoms with Crippen LogP contribution in [-0.4, -0.2) is 32.6 Å². The van der Waals surface area contributed by atoms with E-state index in [4.69, 9.17) is 0 Å². The molecule has 146 valence electrons. The van der Waals surface area contributed by atoms with Gasteiger partial charge in [0.1, 0.15) is 17.1 Å². The van der Waals surface area contributed by atoms with E-state index in [-0.39, 0.29) is 17.2 Å². The number of amides is 2. The third-order valence-corrected chi connectivity index (χ3v) is 4.11. The van der Waals surface area contributed by atoms with Crippen molar-refractivity contribution < 1.29 is 9.90 Å². The molecule has 0 unspecified atom stereocenters. The number of pyridine rings is 1. The number of carbonyl (C=O) groups excluding carboxylic acids is 1. The summed E-state index contributed by atoms with van der Waals surface area (Å²) in [6.45, 7) is 8.66. The highest BCUT2D eigenvalue weighted by molar-refractivity contribution is 5.89. The van der Waals surface area contributed by atoms with Gasteiger partial charge in [-0.25, -0.2) is 19.7 Å². The lowest BCUT2D eigenvalue weighted by Gasteiger charge is -2.20. The molecule has 3 aromatic rings. The molecule has 0 bridgehead atoms. The molecular weight excluding hydrogens is 356 g/mol. The summed E-state index contributed by atoms with van der Waals surface area (Å²) in [7, 11) is 0. The van der Waals surface area contributed by atoms with Crippen molar-refractivity contribution in [3.63, 3.8) is 0 Å². The fourth-order valence-electron chi connectivity index (χ4n) is 2.59. The van der Waals surface area contributed by atoms with Crippen molar-refractivity contribution in [2.45, 2.75) is 33.1 Å². The normalized spacial score (nSPS) is 11.3. The lowest BCUT2D eigenvalue weighted by Crippen LogP contribution is -2.28. The maximum atomic E-state index is 11.7. The van der Waals surface area contributed by atoms with Crippen molar-refractivity contribution in [1.29, 1.82) is 0 Å². The van der Waals surface area contributed by atoms with Crippen LogP contribution >= 0.6 is 0 Å². The van der Waals surface area contributed by atoms with E-state index in [0.717, 1.165) is 5.56 Å². The molecule has 4 N–H and O–H groups in total. The minimum Gasteiger partial charge on any atom is -0.506 e. The molecule has 0 aliphatic rings. The van der Waals surface area contributed by atoms with Gasteiger partial charge in [0.05, 0.1) is 11.9 Å². The molecule has 0 atom stereocenters. The first kappa shape index (κ1) is 19.3. The summed E-state index contributed by atoms with van der Waals surface area (Å²) < 4.78 is 0. The maximum Gasteiger partial charge on any atom is 0.320 e. The van der Waals surface area contributed by atoms with Crippen LogP contribution < -0.4 is 16.0 Å². The van der Waals surface area contributed by atoms with Crippen molar-refractivity contribution >= 4 is 34.5 Å². The Balaban J connectivity index is 1.89. The maximum absolute atomic E-state index is 11.7. The molecule has 2 aromatic heterocycles. The van der Waals surface area contributed by atoms with E-state index in [2.05, 4.69) is 51.7 Å². The predicted molar refractivity (Wildman–Crippen MR) is 110 cm³/mol. The van der Waals surface area contributed by atoms with Crippen LogP contribution in [0.5, 0.6) is 5.75 Å². The number of nitrogens with zero attached hydrogens (tertiary/aromatic N) is 3. The van der Waals surface area contributed by atoms with Crippen molar-refractivity contribution in [3.8, 4) is 5.75 Å². The molecule has 0 saturated carbocycles. The van der Waals surface area contributed by atoms with E-state index in [1.165, 1.54) is 0 Å². The lowest BCUT2D eigenvalue weighted by molar-refractivity contribution is 0.252. The van der Waals surface area contributed by atoms with Gasteiger partial charge < -0.3 is 15.7 Å². The van der Waals surface area contributed by atoms with Gasteiger partial charge in [-0.15, -0.1) is 0 Å². The molecule has 8 heteroatoms. The van der Waals surface area contributed by atoms with Crippen LogP contribution in [-0.2, 0) is 5.41 Å². The van der Waals surface area contributed by atoms with Crippen molar-refractivity contribution in [3.05, 3.63) is 42.1 Å². The van der Waals surface area contributed by atoms with E-state index in [0.29, 0.717) is 35.0 Å². The molecule has 0 saturated heterocycles. The van der Waals surface area contributed by atoms with E-state index in [9.17, 15) is 9.90 Å². The lowest BCUT2D eigenvalue weighted by atomic mass is 9.87. The van der Waals surface area contributed by atoms with Crippen molar-refractivity contribution in [2.75, 3.05) is 17.2 Å². The Bertz CT molecular complexity index is 1010. The first-order valence-electron chi connectivity index (χ1n) is 9.05. The predicted octanol–water partition coefficient (Wildman–Crippen LogP) is 3.91. The summed E-state index contributed by atoms with van der Waals surface area (Å²) in [5.41, 5.74) is 2.54. The number of hydrogen-bond donors (Lipinski definition) is 4. The van der Waals surface area contributed by atoms with Gasteiger partial charge in [-0.1, -0.05) is 26.8 Å². The highest BCUT2D eigenvalue weighted by Gasteiger charge is 2.16. The first-order valence-corrected chi connectivity index (χ1v) is 9.05. The number of benzene rings is 1. The second-order valence-corrected chi connectivity index (χ2v) is 7.39. The summed E-state index contributed by atoms with van der Waals surface area (Å²) in [5, 5.41) is 18.6. The van der Waals surface area contributed by atoms with Gasteiger partial charge in [0.25, 0.3) is 0 Å². The number of phenolic OH excluding ortho intramolecular Hbond substituents is 1. The average Bonchev–Trinajstić information content (AvgIpc) is 2.62. The van der Waals surface area contributed by atoms with Gasteiger partial charge in [0.2, 0.25) is 0 Å². The van der Waals surface area contributed by atoms with Crippen LogP contribution in [0.2, 0.25) is 0 Å². The summed E-state index contributed by atoms with van der Waals surface area (Å²) in [5.74, 6) is 0.938. The van der Waals surface area contributed by atoms with E-state index in [1.54, 1.807) is 24.4 Å². The van der Waals surface area contributed by atoms with Gasteiger partial charge in [0.15, 0.2) is 11.5 Å². The number of hydrogen-bond acceptors (Lipinski definition) is 6. The highest BCUT2D eigenvalue weighted by atomic mass is 16.3. The zero-order chi connectivity index (χ0) is 20.3. The number of phenols is 1. The fourth-order valence-corrected chi connectivity index (χ4v) is 2.59. The standard InChI is InChI=1S/C20H24N6O2/c1-5-21-19(28)26-16-9-7-13-18(24-16)25-17(11-22-13)23-14-10-12(20(2,3)4)6-8-15(14)27/h6-11,27H,5H2,1-4H3,(H3,21,23,24,25,26,28). The Hall–Kier alpha value is -3.42. The Morgan fingerprint density at radius 3 is 2.57 bits per heavy atom. The van der Waals surface area contributed by atoms with Crippen LogP contribution in [0, 0.1) is 0 Å². The Morgan fingerprint density at radius 2 is 1.86 bits per heavy atom. The fraction of sp³-hybridized carbons (Fsp3) is 0.300.